The Morgan fingerprint density at radius 3 is 0.606 bits per heavy atom. The molecule has 0 radical (unpaired) electrons. The summed E-state index contributed by atoms with van der Waals surface area (Å²) in [6.45, 7) is 6.65. The molecule has 0 rings (SSSR count). The molecule has 0 aliphatic heterocycles. The number of esters is 3. The van der Waals surface area contributed by atoms with Crippen molar-refractivity contribution in [2.45, 2.75) is 354 Å². The Morgan fingerprint density at radius 2 is 0.409 bits per heavy atom. The molecule has 0 aromatic carbocycles. The van der Waals surface area contributed by atoms with Crippen LogP contribution in [0.1, 0.15) is 348 Å². The molecule has 6 nitrogen and oxygen atoms in total. The molecule has 0 aliphatic carbocycles. The summed E-state index contributed by atoms with van der Waals surface area (Å²) in [5, 5.41) is 0. The maximum atomic E-state index is 12.8. The lowest BCUT2D eigenvalue weighted by atomic mass is 10.0. The van der Waals surface area contributed by atoms with Gasteiger partial charge in [0.25, 0.3) is 0 Å². The SMILES string of the molecule is CCCCCCCCCCCCCCCCCCCCCCCC(=O)OCC(COC(=O)CCCCCCCC)OC(=O)CCCCCCCCCCCCCCCCCCCCCCC. The average Bonchev–Trinajstić information content (AvgIpc) is 3.31. The first-order valence-electron chi connectivity index (χ1n) is 30.0. The van der Waals surface area contributed by atoms with Gasteiger partial charge >= 0.3 is 17.9 Å². The molecule has 0 saturated carbocycles. The second kappa shape index (κ2) is 56.0. The lowest BCUT2D eigenvalue weighted by molar-refractivity contribution is -0.167. The van der Waals surface area contributed by atoms with Gasteiger partial charge < -0.3 is 14.2 Å². The molecule has 0 amide bonds. The van der Waals surface area contributed by atoms with Gasteiger partial charge in [0, 0.05) is 19.3 Å². The monoisotopic (exact) mass is 933 g/mol. The third kappa shape index (κ3) is 53.4. The molecule has 0 aromatic heterocycles. The predicted octanol–water partition coefficient (Wildman–Crippen LogP) is 19.9. The zero-order valence-electron chi connectivity index (χ0n) is 45.0. The zero-order chi connectivity index (χ0) is 47.9. The van der Waals surface area contributed by atoms with Gasteiger partial charge in [0.1, 0.15) is 13.2 Å². The maximum Gasteiger partial charge on any atom is 0.306 e. The van der Waals surface area contributed by atoms with Crippen LogP contribution >= 0.6 is 0 Å². The quantitative estimate of drug-likeness (QED) is 0.0343. The molecule has 0 aromatic rings. The Morgan fingerprint density at radius 1 is 0.242 bits per heavy atom. The van der Waals surface area contributed by atoms with Gasteiger partial charge in [-0.2, -0.15) is 0 Å². The van der Waals surface area contributed by atoms with Crippen molar-refractivity contribution >= 4 is 17.9 Å². The van der Waals surface area contributed by atoms with E-state index in [1.165, 1.54) is 250 Å². The van der Waals surface area contributed by atoms with E-state index < -0.39 is 6.10 Å². The number of rotatable bonds is 56. The van der Waals surface area contributed by atoms with Crippen LogP contribution < -0.4 is 0 Å². The molecule has 6 heteroatoms. The molecule has 1 unspecified atom stereocenters. The van der Waals surface area contributed by atoms with Crippen LogP contribution in [0.2, 0.25) is 0 Å². The van der Waals surface area contributed by atoms with Crippen LogP contribution in [0.3, 0.4) is 0 Å². The number of unbranched alkanes of at least 4 members (excludes halogenated alkanes) is 45. The van der Waals surface area contributed by atoms with Crippen molar-refractivity contribution in [3.63, 3.8) is 0 Å². The normalized spacial score (nSPS) is 11.9. The van der Waals surface area contributed by atoms with Crippen molar-refractivity contribution in [3.8, 4) is 0 Å². The van der Waals surface area contributed by atoms with E-state index in [4.69, 9.17) is 14.2 Å². The van der Waals surface area contributed by atoms with Crippen molar-refractivity contribution in [2.75, 3.05) is 13.2 Å². The maximum absolute atomic E-state index is 12.8. The number of carbonyl (C=O) groups is 3. The van der Waals surface area contributed by atoms with Crippen LogP contribution in [0.25, 0.3) is 0 Å². The van der Waals surface area contributed by atoms with Crippen LogP contribution in [0, 0.1) is 0 Å². The van der Waals surface area contributed by atoms with E-state index in [9.17, 15) is 14.4 Å². The van der Waals surface area contributed by atoms with Gasteiger partial charge in [0.05, 0.1) is 0 Å². The first-order chi connectivity index (χ1) is 32.5. The highest BCUT2D eigenvalue weighted by molar-refractivity contribution is 5.71. The van der Waals surface area contributed by atoms with E-state index in [2.05, 4.69) is 20.8 Å². The fourth-order valence-electron chi connectivity index (χ4n) is 9.33. The smallest absolute Gasteiger partial charge is 0.306 e. The van der Waals surface area contributed by atoms with Crippen molar-refractivity contribution in [1.82, 2.24) is 0 Å². The Kier molecular flexibility index (Phi) is 54.7. The van der Waals surface area contributed by atoms with Gasteiger partial charge in [0.15, 0.2) is 6.10 Å². The molecule has 0 bridgehead atoms. The molecular weight excluding hydrogens is 817 g/mol. The summed E-state index contributed by atoms with van der Waals surface area (Å²) in [5.41, 5.74) is 0. The molecule has 0 N–H and O–H groups in total. The summed E-state index contributed by atoms with van der Waals surface area (Å²) in [4.78, 5) is 37.9. The second-order valence-electron chi connectivity index (χ2n) is 20.6. The molecule has 0 heterocycles. The van der Waals surface area contributed by atoms with Crippen LogP contribution in [-0.2, 0) is 28.6 Å². The van der Waals surface area contributed by atoms with Gasteiger partial charge in [0.2, 0.25) is 0 Å². The molecule has 0 saturated heterocycles. The van der Waals surface area contributed by atoms with Crippen LogP contribution in [0.4, 0.5) is 0 Å². The Labute approximate surface area is 412 Å². The summed E-state index contributed by atoms with van der Waals surface area (Å²) in [6.07, 6.45) is 62.8. The van der Waals surface area contributed by atoms with E-state index in [0.29, 0.717) is 19.3 Å². The third-order valence-corrected chi connectivity index (χ3v) is 13.9. The molecule has 0 aliphatic rings. The summed E-state index contributed by atoms with van der Waals surface area (Å²) in [7, 11) is 0. The minimum Gasteiger partial charge on any atom is -0.462 e. The first kappa shape index (κ1) is 64.4. The minimum atomic E-state index is -0.760. The number of ether oxygens (including phenoxy) is 3. The highest BCUT2D eigenvalue weighted by Crippen LogP contribution is 2.18. The highest BCUT2D eigenvalue weighted by atomic mass is 16.6. The Bertz CT molecular complexity index is 982. The molecule has 66 heavy (non-hydrogen) atoms. The fourth-order valence-corrected chi connectivity index (χ4v) is 9.33. The molecule has 0 fully saturated rings. The van der Waals surface area contributed by atoms with Crippen LogP contribution in [-0.4, -0.2) is 37.2 Å². The van der Waals surface area contributed by atoms with Crippen LogP contribution in [0.15, 0.2) is 0 Å². The third-order valence-electron chi connectivity index (χ3n) is 13.9. The number of hydrogen-bond donors (Lipinski definition) is 0. The van der Waals surface area contributed by atoms with E-state index in [1.54, 1.807) is 0 Å². The molecular formula is C60H116O6. The second-order valence-corrected chi connectivity index (χ2v) is 20.6. The zero-order valence-corrected chi connectivity index (χ0v) is 45.0. The Hall–Kier alpha value is -1.59. The molecule has 0 spiro atoms. The van der Waals surface area contributed by atoms with Crippen molar-refractivity contribution in [2.24, 2.45) is 0 Å². The lowest BCUT2D eigenvalue weighted by Gasteiger charge is -2.18. The minimum absolute atomic E-state index is 0.0621. The fraction of sp³-hybridized carbons (Fsp3) is 0.950. The number of carbonyl (C=O) groups excluding carboxylic acids is 3. The van der Waals surface area contributed by atoms with E-state index >= 15 is 0 Å². The lowest BCUT2D eigenvalue weighted by Crippen LogP contribution is -2.30. The predicted molar refractivity (Wildman–Crippen MR) is 284 cm³/mol. The average molecular weight is 934 g/mol. The molecule has 1 atom stereocenters. The Balaban J connectivity index is 4.05. The van der Waals surface area contributed by atoms with Gasteiger partial charge in [-0.1, -0.05) is 310 Å². The van der Waals surface area contributed by atoms with Gasteiger partial charge in [-0.05, 0) is 19.3 Å². The molecule has 392 valence electrons. The van der Waals surface area contributed by atoms with Gasteiger partial charge in [-0.15, -0.1) is 0 Å². The van der Waals surface area contributed by atoms with Crippen molar-refractivity contribution in [1.29, 1.82) is 0 Å². The van der Waals surface area contributed by atoms with Crippen molar-refractivity contribution < 1.29 is 28.6 Å². The summed E-state index contributed by atoms with van der Waals surface area (Å²) < 4.78 is 16.8. The largest absolute Gasteiger partial charge is 0.462 e. The van der Waals surface area contributed by atoms with E-state index in [-0.39, 0.29) is 31.1 Å². The highest BCUT2D eigenvalue weighted by Gasteiger charge is 2.19. The summed E-state index contributed by atoms with van der Waals surface area (Å²) in [5.74, 6) is -0.844. The summed E-state index contributed by atoms with van der Waals surface area (Å²) in [6, 6.07) is 0. The van der Waals surface area contributed by atoms with Crippen LogP contribution in [0.5, 0.6) is 0 Å². The van der Waals surface area contributed by atoms with Gasteiger partial charge in [-0.3, -0.25) is 14.4 Å². The standard InChI is InChI=1S/C60H116O6/c1-4-7-10-13-16-18-20-22-24-26-28-30-32-34-36-38-40-42-44-47-50-53-59(62)65-56-57(55-64-58(61)52-49-46-15-12-9-6-3)66-60(63)54-51-48-45-43-41-39-37-35-33-31-29-27-25-23-21-19-17-14-11-8-5-2/h57H,4-56H2,1-3H3. The van der Waals surface area contributed by atoms with E-state index in [0.717, 1.165) is 57.8 Å². The topological polar surface area (TPSA) is 78.9 Å². The van der Waals surface area contributed by atoms with Gasteiger partial charge in [-0.25, -0.2) is 0 Å². The summed E-state index contributed by atoms with van der Waals surface area (Å²) >= 11 is 0. The van der Waals surface area contributed by atoms with Crippen molar-refractivity contribution in [3.05, 3.63) is 0 Å². The number of hydrogen-bond acceptors (Lipinski definition) is 6. The first-order valence-corrected chi connectivity index (χ1v) is 30.0. The van der Waals surface area contributed by atoms with E-state index in [1.807, 2.05) is 0 Å².